The van der Waals surface area contributed by atoms with E-state index in [1.807, 2.05) is 0 Å². The Labute approximate surface area is 117 Å². The van der Waals surface area contributed by atoms with Crippen LogP contribution in [-0.2, 0) is 23.8 Å². The molecule has 10 nitrogen and oxygen atoms in total. The van der Waals surface area contributed by atoms with Gasteiger partial charge in [0.1, 0.15) is 0 Å². The molecule has 0 aromatic carbocycles. The molecule has 0 aliphatic rings. The molecule has 0 saturated carbocycles. The zero-order chi connectivity index (χ0) is 16.0. The predicted octanol–water partition coefficient (Wildman–Crippen LogP) is -1.35. The van der Waals surface area contributed by atoms with Crippen LogP contribution in [0, 0.1) is 0 Å². The van der Waals surface area contributed by atoms with E-state index in [0.717, 1.165) is 6.26 Å². The largest absolute Gasteiger partial charge is 0.453 e. The van der Waals surface area contributed by atoms with Gasteiger partial charge in [-0.2, -0.15) is 8.42 Å². The lowest BCUT2D eigenvalue weighted by molar-refractivity contribution is 0.167. The Morgan fingerprint density at radius 1 is 1.05 bits per heavy atom. The van der Waals surface area contributed by atoms with Gasteiger partial charge in [0.05, 0.1) is 33.7 Å². The molecule has 0 aliphatic heterocycles. The number of carbonyl (C=O) groups excluding carboxylic acids is 2. The molecule has 3 N–H and O–H groups in total. The topological polar surface area (TPSA) is 140 Å². The number of nitrogens with one attached hydrogen (secondary N) is 2. The molecule has 2 amide bonds. The molecule has 0 heterocycles. The van der Waals surface area contributed by atoms with Gasteiger partial charge in [0, 0.05) is 13.1 Å². The second kappa shape index (κ2) is 12.4. The van der Waals surface area contributed by atoms with E-state index in [-0.39, 0.29) is 26.3 Å². The molecule has 0 aromatic heterocycles. The maximum atomic E-state index is 10.4. The molecule has 0 bridgehead atoms. The maximum absolute atomic E-state index is 10.4. The minimum atomic E-state index is -3.42. The summed E-state index contributed by atoms with van der Waals surface area (Å²) in [5.41, 5.74) is 0. The summed E-state index contributed by atoms with van der Waals surface area (Å²) in [6, 6.07) is 0. The second-order valence-corrected chi connectivity index (χ2v) is 4.73. The number of rotatable bonds is 6. The molecular formula is C9H20N2O8S. The van der Waals surface area contributed by atoms with Gasteiger partial charge in [0.2, 0.25) is 0 Å². The Bertz CT molecular complexity index is 370. The lowest BCUT2D eigenvalue weighted by atomic mass is 10.7. The normalized spacial score (nSPS) is 9.80. The third-order valence-corrected chi connectivity index (χ3v) is 2.02. The minimum Gasteiger partial charge on any atom is -0.453 e. The number of alkyl carbamates (subject to hydrolysis) is 2. The highest BCUT2D eigenvalue weighted by Gasteiger charge is 2.01. The van der Waals surface area contributed by atoms with Crippen LogP contribution in [0.15, 0.2) is 0 Å². The van der Waals surface area contributed by atoms with Crippen LogP contribution in [0.25, 0.3) is 0 Å². The van der Waals surface area contributed by atoms with Gasteiger partial charge in [-0.25, -0.2) is 9.59 Å². The summed E-state index contributed by atoms with van der Waals surface area (Å²) in [5.74, 6) is 0. The first-order valence-electron chi connectivity index (χ1n) is 5.35. The summed E-state index contributed by atoms with van der Waals surface area (Å²) in [6.45, 7) is 0.190. The first kappa shape index (κ1) is 20.7. The van der Waals surface area contributed by atoms with Gasteiger partial charge in [-0.3, -0.25) is 4.18 Å². The predicted molar refractivity (Wildman–Crippen MR) is 68.7 cm³/mol. The fraction of sp³-hybridized carbons (Fsp3) is 0.778. The number of amides is 2. The minimum absolute atomic E-state index is 0.0604. The van der Waals surface area contributed by atoms with E-state index in [4.69, 9.17) is 5.11 Å². The van der Waals surface area contributed by atoms with Gasteiger partial charge in [0.15, 0.2) is 0 Å². The third-order valence-electron chi connectivity index (χ3n) is 1.42. The maximum Gasteiger partial charge on any atom is 0.406 e. The van der Waals surface area contributed by atoms with E-state index in [9.17, 15) is 18.0 Å². The van der Waals surface area contributed by atoms with Gasteiger partial charge in [-0.15, -0.1) is 0 Å². The van der Waals surface area contributed by atoms with E-state index in [1.54, 1.807) is 0 Å². The molecule has 0 atom stereocenters. The fourth-order valence-corrected chi connectivity index (χ4v) is 1.03. The zero-order valence-corrected chi connectivity index (χ0v) is 12.4. The molecule has 20 heavy (non-hydrogen) atoms. The van der Waals surface area contributed by atoms with E-state index in [1.165, 1.54) is 14.2 Å². The smallest absolute Gasteiger partial charge is 0.406 e. The van der Waals surface area contributed by atoms with Crippen molar-refractivity contribution in [2.45, 2.75) is 0 Å². The van der Waals surface area contributed by atoms with E-state index >= 15 is 0 Å². The van der Waals surface area contributed by atoms with Crippen molar-refractivity contribution in [1.82, 2.24) is 10.6 Å². The lowest BCUT2D eigenvalue weighted by Gasteiger charge is -2.02. The number of carbonyl (C=O) groups is 2. The van der Waals surface area contributed by atoms with Gasteiger partial charge in [-0.05, 0) is 0 Å². The standard InChI is InChI=1S/C5H11NO5S.C4H9NO3/c1-10-5(7)6-3-4-11-12(2,8)9;1-8-4(7)5-2-3-6/h3-4H2,1-2H3,(H,6,7);6H,2-3H2,1H3,(H,5,7). The SMILES string of the molecule is COC(=O)NCCO.COC(=O)NCCOS(C)(=O)=O. The average Bonchev–Trinajstić information content (AvgIpc) is 2.40. The molecule has 0 aliphatic carbocycles. The van der Waals surface area contributed by atoms with Gasteiger partial charge >= 0.3 is 12.2 Å². The Kier molecular flexibility index (Phi) is 12.9. The molecular weight excluding hydrogens is 296 g/mol. The monoisotopic (exact) mass is 316 g/mol. The highest BCUT2D eigenvalue weighted by Crippen LogP contribution is 1.84. The fourth-order valence-electron chi connectivity index (χ4n) is 0.648. The number of aliphatic hydroxyl groups is 1. The third kappa shape index (κ3) is 18.8. The first-order valence-corrected chi connectivity index (χ1v) is 7.17. The van der Waals surface area contributed by atoms with Crippen LogP contribution in [-0.4, -0.2) is 72.5 Å². The summed E-state index contributed by atoms with van der Waals surface area (Å²) < 4.78 is 33.5. The van der Waals surface area contributed by atoms with E-state index in [0.29, 0.717) is 0 Å². The van der Waals surface area contributed by atoms with Gasteiger partial charge in [-0.1, -0.05) is 0 Å². The van der Waals surface area contributed by atoms with Crippen molar-refractivity contribution < 1.29 is 36.8 Å². The van der Waals surface area contributed by atoms with Crippen molar-refractivity contribution in [3.63, 3.8) is 0 Å². The van der Waals surface area contributed by atoms with Crippen LogP contribution in [0.3, 0.4) is 0 Å². The molecule has 0 aromatic rings. The van der Waals surface area contributed by atoms with Crippen LogP contribution in [0.2, 0.25) is 0 Å². The summed E-state index contributed by atoms with van der Waals surface area (Å²) in [4.78, 5) is 20.5. The van der Waals surface area contributed by atoms with Crippen LogP contribution < -0.4 is 10.6 Å². The second-order valence-electron chi connectivity index (χ2n) is 3.09. The molecule has 0 radical (unpaired) electrons. The molecule has 0 saturated heterocycles. The summed E-state index contributed by atoms with van der Waals surface area (Å²) in [7, 11) is -0.935. The molecule has 0 rings (SSSR count). The summed E-state index contributed by atoms with van der Waals surface area (Å²) in [6.07, 6.45) is -0.198. The lowest BCUT2D eigenvalue weighted by Crippen LogP contribution is -2.27. The molecule has 0 fully saturated rings. The van der Waals surface area contributed by atoms with Crippen molar-refractivity contribution in [2.24, 2.45) is 0 Å². The van der Waals surface area contributed by atoms with Crippen LogP contribution >= 0.6 is 0 Å². The van der Waals surface area contributed by atoms with Crippen molar-refractivity contribution in [1.29, 1.82) is 0 Å². The summed E-state index contributed by atoms with van der Waals surface area (Å²) >= 11 is 0. The van der Waals surface area contributed by atoms with Crippen molar-refractivity contribution >= 4 is 22.3 Å². The number of methoxy groups -OCH3 is 2. The van der Waals surface area contributed by atoms with Crippen molar-refractivity contribution in [2.75, 3.05) is 46.8 Å². The zero-order valence-electron chi connectivity index (χ0n) is 11.5. The summed E-state index contributed by atoms with van der Waals surface area (Å²) in [5, 5.41) is 12.7. The molecule has 11 heteroatoms. The van der Waals surface area contributed by atoms with E-state index in [2.05, 4.69) is 24.3 Å². The average molecular weight is 316 g/mol. The molecule has 0 spiro atoms. The van der Waals surface area contributed by atoms with Crippen molar-refractivity contribution in [3.05, 3.63) is 0 Å². The molecule has 120 valence electrons. The number of ether oxygens (including phenoxy) is 2. The van der Waals surface area contributed by atoms with Gasteiger partial charge < -0.3 is 25.2 Å². The van der Waals surface area contributed by atoms with E-state index < -0.39 is 22.3 Å². The van der Waals surface area contributed by atoms with Crippen LogP contribution in [0.4, 0.5) is 9.59 Å². The Balaban J connectivity index is 0. The quantitative estimate of drug-likeness (QED) is 0.404. The molecule has 0 unspecified atom stereocenters. The highest BCUT2D eigenvalue weighted by molar-refractivity contribution is 7.85. The number of hydrogen-bond donors (Lipinski definition) is 3. The Morgan fingerprint density at radius 3 is 1.85 bits per heavy atom. The highest BCUT2D eigenvalue weighted by atomic mass is 32.2. The Hall–Kier alpha value is -1.59. The number of aliphatic hydroxyl groups excluding tert-OH is 1. The first-order chi connectivity index (χ1) is 9.26. The Morgan fingerprint density at radius 2 is 1.50 bits per heavy atom. The van der Waals surface area contributed by atoms with Crippen molar-refractivity contribution in [3.8, 4) is 0 Å². The van der Waals surface area contributed by atoms with Crippen LogP contribution in [0.5, 0.6) is 0 Å². The van der Waals surface area contributed by atoms with Gasteiger partial charge in [0.25, 0.3) is 10.1 Å². The number of hydrogen-bond acceptors (Lipinski definition) is 8. The van der Waals surface area contributed by atoms with Crippen LogP contribution in [0.1, 0.15) is 0 Å².